The highest BCUT2D eigenvalue weighted by atomic mass is 35.5. The van der Waals surface area contributed by atoms with Crippen LogP contribution in [0.1, 0.15) is 34.2 Å². The van der Waals surface area contributed by atoms with Crippen molar-refractivity contribution in [3.05, 3.63) is 47.4 Å². The fourth-order valence-electron chi connectivity index (χ4n) is 2.01. The van der Waals surface area contributed by atoms with Crippen LogP contribution in [-0.4, -0.2) is 12.7 Å². The van der Waals surface area contributed by atoms with Crippen molar-refractivity contribution in [3.63, 3.8) is 0 Å². The van der Waals surface area contributed by atoms with Gasteiger partial charge in [0, 0.05) is 6.54 Å². The Kier molecular flexibility index (Phi) is 3.75. The second-order valence-corrected chi connectivity index (χ2v) is 5.34. The Hall–Kier alpha value is -2.14. The van der Waals surface area contributed by atoms with E-state index in [0.29, 0.717) is 18.1 Å². The lowest BCUT2D eigenvalue weighted by Gasteiger charge is -2.05. The molecule has 0 spiro atoms. The van der Waals surface area contributed by atoms with Gasteiger partial charge in [-0.15, -0.1) is 11.6 Å². The van der Waals surface area contributed by atoms with E-state index in [2.05, 4.69) is 5.32 Å². The number of carbonyl (C=O) groups excluding carboxylic acids is 1. The summed E-state index contributed by atoms with van der Waals surface area (Å²) in [5, 5.41) is 2.52. The van der Waals surface area contributed by atoms with Gasteiger partial charge in [-0.05, 0) is 36.8 Å². The van der Waals surface area contributed by atoms with Crippen LogP contribution in [0, 0.1) is 0 Å². The number of hydrogen-bond donors (Lipinski definition) is 1. The van der Waals surface area contributed by atoms with Crippen molar-refractivity contribution in [2.45, 2.75) is 18.8 Å². The van der Waals surface area contributed by atoms with E-state index in [0.717, 1.165) is 11.3 Å². The average Bonchev–Trinajstić information content (AvgIpc) is 3.12. The van der Waals surface area contributed by atoms with Gasteiger partial charge in [0.15, 0.2) is 17.3 Å². The van der Waals surface area contributed by atoms with Gasteiger partial charge in [-0.2, -0.15) is 0 Å². The summed E-state index contributed by atoms with van der Waals surface area (Å²) in [5.41, 5.74) is 0.921. The van der Waals surface area contributed by atoms with E-state index in [1.165, 1.54) is 0 Å². The molecule has 0 bridgehead atoms. The summed E-state index contributed by atoms with van der Waals surface area (Å²) in [5.74, 6) is 1.95. The molecule has 2 aromatic rings. The summed E-state index contributed by atoms with van der Waals surface area (Å²) in [7, 11) is 0. The largest absolute Gasteiger partial charge is 0.454 e. The maximum atomic E-state index is 12.0. The molecule has 21 heavy (non-hydrogen) atoms. The Morgan fingerprint density at radius 1 is 1.29 bits per heavy atom. The van der Waals surface area contributed by atoms with Crippen molar-refractivity contribution in [3.8, 4) is 11.5 Å². The Bertz CT molecular complexity index is 665. The Morgan fingerprint density at radius 3 is 2.86 bits per heavy atom. The lowest BCUT2D eigenvalue weighted by atomic mass is 10.2. The van der Waals surface area contributed by atoms with Crippen molar-refractivity contribution < 1.29 is 18.7 Å². The fourth-order valence-corrected chi connectivity index (χ4v) is 2.13. The zero-order valence-electron chi connectivity index (χ0n) is 11.4. The first-order chi connectivity index (χ1) is 10.1. The summed E-state index contributed by atoms with van der Waals surface area (Å²) in [6.07, 6.45) is 0. The molecule has 6 heteroatoms. The van der Waals surface area contributed by atoms with Crippen molar-refractivity contribution in [2.75, 3.05) is 6.79 Å². The van der Waals surface area contributed by atoms with E-state index in [4.69, 9.17) is 25.5 Å². The molecule has 1 aromatic heterocycles. The Morgan fingerprint density at radius 2 is 2.10 bits per heavy atom. The molecule has 5 nitrogen and oxygen atoms in total. The minimum Gasteiger partial charge on any atom is -0.454 e. The number of amides is 1. The van der Waals surface area contributed by atoms with Crippen LogP contribution in [0.15, 0.2) is 34.7 Å². The lowest BCUT2D eigenvalue weighted by molar-refractivity contribution is 0.0921. The maximum Gasteiger partial charge on any atom is 0.287 e. The molecule has 3 rings (SSSR count). The zero-order chi connectivity index (χ0) is 14.8. The SMILES string of the molecule is CC(Cl)c1ccc(C(=O)NCc2ccc3c(c2)OCO3)o1. The van der Waals surface area contributed by atoms with Crippen molar-refractivity contribution in [2.24, 2.45) is 0 Å². The molecule has 110 valence electrons. The van der Waals surface area contributed by atoms with Gasteiger partial charge in [-0.1, -0.05) is 6.07 Å². The normalized spacial score (nSPS) is 14.0. The van der Waals surface area contributed by atoms with Gasteiger partial charge in [0.2, 0.25) is 6.79 Å². The number of fused-ring (bicyclic) bond motifs is 1. The van der Waals surface area contributed by atoms with Crippen LogP contribution in [0.25, 0.3) is 0 Å². The first kappa shape index (κ1) is 13.8. The van der Waals surface area contributed by atoms with E-state index in [1.807, 2.05) is 18.2 Å². The molecular weight excluding hydrogens is 294 g/mol. The predicted octanol–water partition coefficient (Wildman–Crippen LogP) is 3.24. The molecular formula is C15H14ClNO4. The monoisotopic (exact) mass is 307 g/mol. The van der Waals surface area contributed by atoms with E-state index >= 15 is 0 Å². The van der Waals surface area contributed by atoms with E-state index in [-0.39, 0.29) is 23.8 Å². The lowest BCUT2D eigenvalue weighted by Crippen LogP contribution is -2.22. The first-order valence-corrected chi connectivity index (χ1v) is 6.97. The van der Waals surface area contributed by atoms with Crippen LogP contribution < -0.4 is 14.8 Å². The third-order valence-corrected chi connectivity index (χ3v) is 3.35. The second kappa shape index (κ2) is 5.69. The first-order valence-electron chi connectivity index (χ1n) is 6.54. The molecule has 0 saturated carbocycles. The molecule has 0 radical (unpaired) electrons. The van der Waals surface area contributed by atoms with Gasteiger partial charge >= 0.3 is 0 Å². The van der Waals surface area contributed by atoms with Gasteiger partial charge in [0.05, 0.1) is 5.38 Å². The summed E-state index contributed by atoms with van der Waals surface area (Å²) in [6, 6.07) is 8.86. The topological polar surface area (TPSA) is 60.7 Å². The van der Waals surface area contributed by atoms with Crippen LogP contribution in [0.2, 0.25) is 0 Å². The number of ether oxygens (including phenoxy) is 2. The van der Waals surface area contributed by atoms with Gasteiger partial charge in [-0.25, -0.2) is 0 Å². The van der Waals surface area contributed by atoms with Gasteiger partial charge in [0.1, 0.15) is 5.76 Å². The van der Waals surface area contributed by atoms with Crippen LogP contribution >= 0.6 is 11.6 Å². The third-order valence-electron chi connectivity index (χ3n) is 3.13. The van der Waals surface area contributed by atoms with Crippen LogP contribution in [0.3, 0.4) is 0 Å². The Balaban J connectivity index is 1.62. The number of alkyl halides is 1. The van der Waals surface area contributed by atoms with E-state index in [9.17, 15) is 4.79 Å². The average molecular weight is 308 g/mol. The number of rotatable bonds is 4. The minimum atomic E-state index is -0.281. The molecule has 1 amide bonds. The predicted molar refractivity (Wildman–Crippen MR) is 76.7 cm³/mol. The maximum absolute atomic E-state index is 12.0. The Labute approximate surface area is 126 Å². The highest BCUT2D eigenvalue weighted by molar-refractivity contribution is 6.20. The van der Waals surface area contributed by atoms with Crippen LogP contribution in [0.5, 0.6) is 11.5 Å². The van der Waals surface area contributed by atoms with Crippen molar-refractivity contribution >= 4 is 17.5 Å². The number of halogens is 1. The highest BCUT2D eigenvalue weighted by Gasteiger charge is 2.15. The molecule has 2 heterocycles. The van der Waals surface area contributed by atoms with E-state index < -0.39 is 0 Å². The molecule has 1 unspecified atom stereocenters. The van der Waals surface area contributed by atoms with E-state index in [1.54, 1.807) is 19.1 Å². The quantitative estimate of drug-likeness (QED) is 0.881. The van der Waals surface area contributed by atoms with Gasteiger partial charge in [-0.3, -0.25) is 4.79 Å². The second-order valence-electron chi connectivity index (χ2n) is 4.69. The molecule has 0 fully saturated rings. The summed E-state index contributed by atoms with van der Waals surface area (Å²) < 4.78 is 15.9. The van der Waals surface area contributed by atoms with Crippen molar-refractivity contribution in [1.82, 2.24) is 5.32 Å². The molecule has 1 N–H and O–H groups in total. The summed E-state index contributed by atoms with van der Waals surface area (Å²) in [6.45, 7) is 2.40. The van der Waals surface area contributed by atoms with Crippen LogP contribution in [0.4, 0.5) is 0 Å². The smallest absolute Gasteiger partial charge is 0.287 e. The molecule has 0 saturated heterocycles. The number of benzene rings is 1. The number of nitrogens with one attached hydrogen (secondary N) is 1. The number of furan rings is 1. The zero-order valence-corrected chi connectivity index (χ0v) is 12.1. The standard InChI is InChI=1S/C15H14ClNO4/c1-9(16)11-4-5-13(21-11)15(18)17-7-10-2-3-12-14(6-10)20-8-19-12/h2-6,9H,7-8H2,1H3,(H,17,18). The third kappa shape index (κ3) is 2.97. The molecule has 1 aromatic carbocycles. The summed E-state index contributed by atoms with van der Waals surface area (Å²) in [4.78, 5) is 12.0. The molecule has 0 aliphatic carbocycles. The van der Waals surface area contributed by atoms with Crippen LogP contribution in [-0.2, 0) is 6.54 Å². The highest BCUT2D eigenvalue weighted by Crippen LogP contribution is 2.32. The fraction of sp³-hybridized carbons (Fsp3) is 0.267. The number of hydrogen-bond acceptors (Lipinski definition) is 4. The minimum absolute atomic E-state index is 0.233. The van der Waals surface area contributed by atoms with Gasteiger partial charge < -0.3 is 19.2 Å². The molecule has 1 atom stereocenters. The summed E-state index contributed by atoms with van der Waals surface area (Å²) >= 11 is 5.90. The molecule has 1 aliphatic rings. The van der Waals surface area contributed by atoms with Crippen molar-refractivity contribution in [1.29, 1.82) is 0 Å². The van der Waals surface area contributed by atoms with Gasteiger partial charge in [0.25, 0.3) is 5.91 Å². The molecule has 1 aliphatic heterocycles. The number of carbonyl (C=O) groups is 1.